The first-order chi connectivity index (χ1) is 13.5. The van der Waals surface area contributed by atoms with E-state index in [1.807, 2.05) is 0 Å². The zero-order valence-electron chi connectivity index (χ0n) is 15.9. The summed E-state index contributed by atoms with van der Waals surface area (Å²) in [5, 5.41) is 2.77. The number of hydrogen-bond acceptors (Lipinski definition) is 5. The molecule has 152 valence electrons. The molecule has 1 unspecified atom stereocenters. The third-order valence-corrected chi connectivity index (χ3v) is 9.04. The highest BCUT2D eigenvalue weighted by Gasteiger charge is 2.55. The molecule has 7 nitrogen and oxygen atoms in total. The Hall–Kier alpha value is -1.80. The van der Waals surface area contributed by atoms with E-state index in [9.17, 15) is 13.2 Å². The maximum Gasteiger partial charge on any atom is 0.231 e. The van der Waals surface area contributed by atoms with Crippen molar-refractivity contribution in [2.24, 2.45) is 11.3 Å². The quantitative estimate of drug-likeness (QED) is 0.831. The van der Waals surface area contributed by atoms with Crippen molar-refractivity contribution in [3.8, 4) is 11.5 Å². The molecule has 1 aromatic rings. The average molecular weight is 407 g/mol. The first kappa shape index (κ1) is 18.2. The van der Waals surface area contributed by atoms with Gasteiger partial charge in [0.15, 0.2) is 11.5 Å². The van der Waals surface area contributed by atoms with Crippen molar-refractivity contribution >= 4 is 21.6 Å². The van der Waals surface area contributed by atoms with Gasteiger partial charge in [0.1, 0.15) is 0 Å². The number of rotatable bonds is 4. The van der Waals surface area contributed by atoms with Crippen LogP contribution < -0.4 is 14.8 Å². The molecule has 0 radical (unpaired) electrons. The average Bonchev–Trinajstić information content (AvgIpc) is 3.35. The topological polar surface area (TPSA) is 84.9 Å². The highest BCUT2D eigenvalue weighted by molar-refractivity contribution is 7.90. The molecule has 28 heavy (non-hydrogen) atoms. The van der Waals surface area contributed by atoms with Crippen LogP contribution in [0.15, 0.2) is 18.2 Å². The second kappa shape index (κ2) is 6.62. The second-order valence-corrected chi connectivity index (χ2v) is 10.8. The van der Waals surface area contributed by atoms with E-state index in [0.29, 0.717) is 30.3 Å². The molecule has 1 atom stereocenters. The molecule has 1 amide bonds. The molecular weight excluding hydrogens is 380 g/mol. The minimum absolute atomic E-state index is 0.0886. The van der Waals surface area contributed by atoms with E-state index < -0.39 is 10.0 Å². The number of nitrogens with one attached hydrogen (secondary N) is 1. The Bertz CT molecular complexity index is 890. The van der Waals surface area contributed by atoms with Gasteiger partial charge >= 0.3 is 0 Å². The third-order valence-electron chi connectivity index (χ3n) is 6.73. The SMILES string of the molecule is O=C(Nc1ccc2c(c1)OCO2)C1CN(S(=O)(=O)C2CC2)CC12CCCCC2. The fourth-order valence-electron chi connectivity index (χ4n) is 5.02. The summed E-state index contributed by atoms with van der Waals surface area (Å²) in [6.07, 6.45) is 6.62. The number of anilines is 1. The van der Waals surface area contributed by atoms with Crippen molar-refractivity contribution in [3.05, 3.63) is 18.2 Å². The highest BCUT2D eigenvalue weighted by atomic mass is 32.2. The summed E-state index contributed by atoms with van der Waals surface area (Å²) in [5.41, 5.74) is 0.421. The summed E-state index contributed by atoms with van der Waals surface area (Å²) >= 11 is 0. The Morgan fingerprint density at radius 2 is 1.86 bits per heavy atom. The van der Waals surface area contributed by atoms with E-state index in [4.69, 9.17) is 9.47 Å². The second-order valence-electron chi connectivity index (χ2n) is 8.57. The van der Waals surface area contributed by atoms with E-state index in [1.54, 1.807) is 22.5 Å². The maximum atomic E-state index is 13.2. The monoisotopic (exact) mass is 406 g/mol. The van der Waals surface area contributed by atoms with Crippen LogP contribution in [0.4, 0.5) is 5.69 Å². The van der Waals surface area contributed by atoms with Crippen molar-refractivity contribution in [1.29, 1.82) is 0 Å². The number of carbonyl (C=O) groups is 1. The van der Waals surface area contributed by atoms with Gasteiger partial charge < -0.3 is 14.8 Å². The molecule has 2 saturated carbocycles. The Balaban J connectivity index is 1.38. The molecule has 2 aliphatic carbocycles. The van der Waals surface area contributed by atoms with Gasteiger partial charge in [-0.15, -0.1) is 0 Å². The van der Waals surface area contributed by atoms with E-state index in [1.165, 1.54) is 0 Å². The standard InChI is InChI=1S/C20H26N2O5S/c23-19(21-14-4-7-17-18(10-14)27-13-26-17)16-11-22(28(24,25)15-5-6-15)12-20(16)8-2-1-3-9-20/h4,7,10,15-16H,1-3,5-6,8-9,11-13H2,(H,21,23). The predicted octanol–water partition coefficient (Wildman–Crippen LogP) is 2.73. The first-order valence-corrected chi connectivity index (χ1v) is 11.7. The van der Waals surface area contributed by atoms with Gasteiger partial charge in [0.25, 0.3) is 0 Å². The van der Waals surface area contributed by atoms with Gasteiger partial charge in [-0.1, -0.05) is 19.3 Å². The molecule has 1 spiro atoms. The van der Waals surface area contributed by atoms with Crippen LogP contribution in [-0.4, -0.2) is 43.8 Å². The van der Waals surface area contributed by atoms with E-state index in [0.717, 1.165) is 44.9 Å². The molecule has 2 heterocycles. The molecule has 2 aliphatic heterocycles. The van der Waals surface area contributed by atoms with Crippen LogP contribution in [-0.2, 0) is 14.8 Å². The maximum absolute atomic E-state index is 13.2. The van der Waals surface area contributed by atoms with Crippen molar-refractivity contribution in [2.45, 2.75) is 50.2 Å². The fraction of sp³-hybridized carbons (Fsp3) is 0.650. The molecule has 3 fully saturated rings. The van der Waals surface area contributed by atoms with Crippen LogP contribution in [0, 0.1) is 11.3 Å². The Morgan fingerprint density at radius 1 is 1.11 bits per heavy atom. The van der Waals surface area contributed by atoms with Gasteiger partial charge in [-0.3, -0.25) is 4.79 Å². The van der Waals surface area contributed by atoms with Gasteiger partial charge in [0, 0.05) is 24.8 Å². The lowest BCUT2D eigenvalue weighted by atomic mass is 9.67. The van der Waals surface area contributed by atoms with Gasteiger partial charge in [-0.2, -0.15) is 0 Å². The van der Waals surface area contributed by atoms with Crippen LogP contribution >= 0.6 is 0 Å². The Labute approximate surface area is 165 Å². The number of amides is 1. The van der Waals surface area contributed by atoms with Crippen molar-refractivity contribution in [2.75, 3.05) is 25.2 Å². The Morgan fingerprint density at radius 3 is 2.61 bits per heavy atom. The summed E-state index contributed by atoms with van der Waals surface area (Å²) in [7, 11) is -3.27. The van der Waals surface area contributed by atoms with Gasteiger partial charge in [0.05, 0.1) is 11.2 Å². The largest absolute Gasteiger partial charge is 0.454 e. The number of benzene rings is 1. The number of ether oxygens (including phenoxy) is 2. The van der Waals surface area contributed by atoms with E-state index >= 15 is 0 Å². The molecule has 0 aromatic heterocycles. The summed E-state index contributed by atoms with van der Waals surface area (Å²) < 4.78 is 38.0. The highest BCUT2D eigenvalue weighted by Crippen LogP contribution is 2.50. The number of carbonyl (C=O) groups excluding carboxylic acids is 1. The molecular formula is C20H26N2O5S. The van der Waals surface area contributed by atoms with Crippen molar-refractivity contribution in [3.63, 3.8) is 0 Å². The summed E-state index contributed by atoms with van der Waals surface area (Å²) in [4.78, 5) is 13.2. The smallest absolute Gasteiger partial charge is 0.231 e. The first-order valence-electron chi connectivity index (χ1n) is 10.2. The molecule has 8 heteroatoms. The minimum Gasteiger partial charge on any atom is -0.454 e. The third kappa shape index (κ3) is 3.06. The lowest BCUT2D eigenvalue weighted by molar-refractivity contribution is -0.123. The Kier molecular flexibility index (Phi) is 4.32. The zero-order valence-corrected chi connectivity index (χ0v) is 16.7. The molecule has 1 saturated heterocycles. The predicted molar refractivity (Wildman–Crippen MR) is 104 cm³/mol. The van der Waals surface area contributed by atoms with Crippen LogP contribution in [0.2, 0.25) is 0 Å². The molecule has 0 bridgehead atoms. The fourth-order valence-corrected chi connectivity index (χ4v) is 6.97. The summed E-state index contributed by atoms with van der Waals surface area (Å²) in [6, 6.07) is 5.35. The van der Waals surface area contributed by atoms with Crippen molar-refractivity contribution < 1.29 is 22.7 Å². The molecule has 1 aromatic carbocycles. The van der Waals surface area contributed by atoms with Gasteiger partial charge in [0.2, 0.25) is 22.7 Å². The lowest BCUT2D eigenvalue weighted by Gasteiger charge is -2.37. The van der Waals surface area contributed by atoms with Crippen LogP contribution in [0.25, 0.3) is 0 Å². The van der Waals surface area contributed by atoms with Crippen LogP contribution in [0.3, 0.4) is 0 Å². The van der Waals surface area contributed by atoms with Crippen molar-refractivity contribution in [1.82, 2.24) is 4.31 Å². The van der Waals surface area contributed by atoms with Gasteiger partial charge in [-0.25, -0.2) is 12.7 Å². The zero-order chi connectivity index (χ0) is 19.4. The number of fused-ring (bicyclic) bond motifs is 1. The summed E-state index contributed by atoms with van der Waals surface area (Å²) in [5.74, 6) is 0.889. The minimum atomic E-state index is -3.27. The lowest BCUT2D eigenvalue weighted by Crippen LogP contribution is -2.39. The summed E-state index contributed by atoms with van der Waals surface area (Å²) in [6.45, 7) is 0.979. The molecule has 5 rings (SSSR count). The van der Waals surface area contributed by atoms with E-state index in [-0.39, 0.29) is 29.3 Å². The van der Waals surface area contributed by atoms with Gasteiger partial charge in [-0.05, 0) is 43.2 Å². The number of sulfonamides is 1. The number of hydrogen-bond donors (Lipinski definition) is 1. The van der Waals surface area contributed by atoms with Crippen LogP contribution in [0.5, 0.6) is 11.5 Å². The normalized spacial score (nSPS) is 26.5. The molecule has 4 aliphatic rings. The molecule has 1 N–H and O–H groups in total. The van der Waals surface area contributed by atoms with Crippen LogP contribution in [0.1, 0.15) is 44.9 Å². The van der Waals surface area contributed by atoms with E-state index in [2.05, 4.69) is 5.32 Å². The number of nitrogens with zero attached hydrogens (tertiary/aromatic N) is 1.